The number of aliphatic imine (C=N–C) groups is 1. The maximum Gasteiger partial charge on any atom is 0.255 e. The van der Waals surface area contributed by atoms with Gasteiger partial charge in [-0.2, -0.15) is 0 Å². The maximum atomic E-state index is 13.5. The van der Waals surface area contributed by atoms with Crippen LogP contribution >= 0.6 is 0 Å². The Bertz CT molecular complexity index is 2110. The Morgan fingerprint density at radius 2 is 1.53 bits per heavy atom. The number of ether oxygens (including phenoxy) is 4. The Morgan fingerprint density at radius 3 is 2.23 bits per heavy atom. The minimum Gasteiger partial charge on any atom is -0.387 e. The first-order chi connectivity index (χ1) is 31.0. The summed E-state index contributed by atoms with van der Waals surface area (Å²) in [5, 5.41) is 11.2. The Hall–Kier alpha value is -6.60. The third-order valence-corrected chi connectivity index (χ3v) is 9.33. The molecule has 0 fully saturated rings. The van der Waals surface area contributed by atoms with Gasteiger partial charge in [-0.15, -0.1) is 0 Å². The number of allylic oxidation sites excluding steroid dienone is 1. The van der Waals surface area contributed by atoms with Crippen molar-refractivity contribution in [3.63, 3.8) is 0 Å². The summed E-state index contributed by atoms with van der Waals surface area (Å²) in [6.07, 6.45) is 9.13. The molecule has 342 valence electrons. The molecule has 18 nitrogen and oxygen atoms in total. The van der Waals surface area contributed by atoms with Crippen molar-refractivity contribution in [2.75, 3.05) is 71.3 Å². The van der Waals surface area contributed by atoms with E-state index in [4.69, 9.17) is 24.7 Å². The normalized spacial score (nSPS) is 12.5. The number of amides is 6. The summed E-state index contributed by atoms with van der Waals surface area (Å²) in [5.74, 6) is -1.39. The van der Waals surface area contributed by atoms with E-state index >= 15 is 0 Å². The van der Waals surface area contributed by atoms with Crippen LogP contribution in [0.2, 0.25) is 0 Å². The van der Waals surface area contributed by atoms with Crippen molar-refractivity contribution in [1.82, 2.24) is 25.8 Å². The van der Waals surface area contributed by atoms with Gasteiger partial charge in [0.25, 0.3) is 11.8 Å². The Morgan fingerprint density at radius 1 is 0.828 bits per heavy atom. The van der Waals surface area contributed by atoms with Crippen molar-refractivity contribution in [2.45, 2.75) is 52.1 Å². The first-order valence-electron chi connectivity index (χ1n) is 21.0. The van der Waals surface area contributed by atoms with Gasteiger partial charge < -0.3 is 45.9 Å². The van der Waals surface area contributed by atoms with Gasteiger partial charge in [0.15, 0.2) is 0 Å². The third kappa shape index (κ3) is 18.8. The van der Waals surface area contributed by atoms with E-state index in [-0.39, 0.29) is 82.3 Å². The number of anilines is 1. The van der Waals surface area contributed by atoms with Gasteiger partial charge in [0, 0.05) is 62.6 Å². The number of nitrogens with one attached hydrogen (secondary N) is 4. The number of nitrogens with two attached hydrogens (primary N) is 1. The number of amidine groups is 1. The fraction of sp³-hybridized carbons (Fsp3) is 0.391. The highest BCUT2D eigenvalue weighted by molar-refractivity contribution is 6.05. The van der Waals surface area contributed by atoms with Crippen LogP contribution in [-0.2, 0) is 55.9 Å². The molecule has 0 bridgehead atoms. The average Bonchev–Trinajstić information content (AvgIpc) is 3.42. The molecule has 0 aliphatic carbocycles. The van der Waals surface area contributed by atoms with E-state index in [0.717, 1.165) is 21.6 Å². The number of imide groups is 1. The van der Waals surface area contributed by atoms with Crippen molar-refractivity contribution >= 4 is 59.2 Å². The van der Waals surface area contributed by atoms with Crippen LogP contribution in [-0.4, -0.2) is 124 Å². The van der Waals surface area contributed by atoms with Crippen LogP contribution in [0.5, 0.6) is 0 Å². The smallest absolute Gasteiger partial charge is 0.255 e. The highest BCUT2D eigenvalue weighted by Crippen LogP contribution is 2.28. The van der Waals surface area contributed by atoms with Crippen LogP contribution < -0.4 is 27.0 Å². The molecule has 1 unspecified atom stereocenters. The molecule has 2 heterocycles. The summed E-state index contributed by atoms with van der Waals surface area (Å²) in [5.41, 5.74) is 11.0. The molecular weight excluding hydrogens is 825 g/mol. The van der Waals surface area contributed by atoms with Crippen LogP contribution in [0, 0.1) is 0 Å². The quantitative estimate of drug-likeness (QED) is 0.0402. The van der Waals surface area contributed by atoms with Crippen LogP contribution in [0.4, 0.5) is 11.4 Å². The molecule has 2 aromatic carbocycles. The number of pyridine rings is 1. The second-order valence-corrected chi connectivity index (χ2v) is 14.5. The van der Waals surface area contributed by atoms with Crippen molar-refractivity contribution in [3.05, 3.63) is 107 Å². The number of carbonyl (C=O) groups excluding carboxylic acids is 6. The van der Waals surface area contributed by atoms with Crippen molar-refractivity contribution in [3.8, 4) is 0 Å². The van der Waals surface area contributed by atoms with Gasteiger partial charge in [0.2, 0.25) is 24.1 Å². The molecule has 0 radical (unpaired) electrons. The lowest BCUT2D eigenvalue weighted by molar-refractivity contribution is -0.135. The fourth-order valence-corrected chi connectivity index (χ4v) is 6.15. The van der Waals surface area contributed by atoms with E-state index < -0.39 is 11.9 Å². The van der Waals surface area contributed by atoms with Gasteiger partial charge in [-0.1, -0.05) is 54.1 Å². The number of carbonyl (C=O) groups is 6. The molecule has 0 saturated heterocycles. The lowest BCUT2D eigenvalue weighted by Gasteiger charge is -2.19. The summed E-state index contributed by atoms with van der Waals surface area (Å²) in [6, 6.07) is 15.5. The number of benzene rings is 2. The molecule has 18 heteroatoms. The second kappa shape index (κ2) is 28.2. The van der Waals surface area contributed by atoms with Gasteiger partial charge in [-0.3, -0.25) is 38.7 Å². The molecule has 64 heavy (non-hydrogen) atoms. The number of nitrogens with zero attached hydrogens (tertiary/aromatic N) is 3. The molecule has 1 aliphatic rings. The molecule has 1 atom stereocenters. The fourth-order valence-electron chi connectivity index (χ4n) is 6.15. The predicted molar refractivity (Wildman–Crippen MR) is 240 cm³/mol. The molecule has 6 amide bonds. The van der Waals surface area contributed by atoms with Crippen molar-refractivity contribution < 1.29 is 47.7 Å². The van der Waals surface area contributed by atoms with E-state index in [2.05, 4.69) is 31.2 Å². The second-order valence-electron chi connectivity index (χ2n) is 14.5. The molecule has 0 saturated carbocycles. The highest BCUT2D eigenvalue weighted by Gasteiger charge is 2.22. The zero-order valence-corrected chi connectivity index (χ0v) is 36.3. The highest BCUT2D eigenvalue weighted by atomic mass is 16.6. The SMILES string of the molecule is C/C=C\C(=O)N(C=O)CCC(=O)NCCOCCOCCOCCOCCC(=O)NC(Cc1ccccc1)C(=O)NCc1cncc(NC(=O)c2ccc3c(c2)N=C(N)CC(C)=C3)c1. The summed E-state index contributed by atoms with van der Waals surface area (Å²) in [7, 11) is 0. The minimum absolute atomic E-state index is 0.00503. The average molecular weight is 883 g/mol. The van der Waals surface area contributed by atoms with E-state index in [0.29, 0.717) is 74.2 Å². The summed E-state index contributed by atoms with van der Waals surface area (Å²) >= 11 is 0. The first-order valence-corrected chi connectivity index (χ1v) is 21.0. The predicted octanol–water partition coefficient (Wildman–Crippen LogP) is 3.00. The Labute approximate surface area is 373 Å². The zero-order valence-electron chi connectivity index (χ0n) is 36.3. The van der Waals surface area contributed by atoms with Crippen molar-refractivity contribution in [2.24, 2.45) is 10.7 Å². The van der Waals surface area contributed by atoms with E-state index in [9.17, 15) is 28.8 Å². The summed E-state index contributed by atoms with van der Waals surface area (Å²) in [6.45, 7) is 6.30. The number of rotatable bonds is 28. The zero-order chi connectivity index (χ0) is 45.9. The monoisotopic (exact) mass is 882 g/mol. The van der Waals surface area contributed by atoms with Crippen LogP contribution in [0.15, 0.2) is 89.7 Å². The minimum atomic E-state index is -0.858. The maximum absolute atomic E-state index is 13.5. The number of hydrogen-bond donors (Lipinski definition) is 5. The molecular formula is C46H58N8O10. The Kier molecular flexibility index (Phi) is 22.0. The summed E-state index contributed by atoms with van der Waals surface area (Å²) in [4.78, 5) is 83.8. The Balaban J connectivity index is 1.08. The number of fused-ring (bicyclic) bond motifs is 1. The van der Waals surface area contributed by atoms with Gasteiger partial charge in [0.1, 0.15) is 11.9 Å². The van der Waals surface area contributed by atoms with Gasteiger partial charge in [0.05, 0.1) is 70.4 Å². The molecule has 1 aromatic heterocycles. The van der Waals surface area contributed by atoms with Crippen LogP contribution in [0.3, 0.4) is 0 Å². The van der Waals surface area contributed by atoms with E-state index in [1.807, 2.05) is 49.4 Å². The van der Waals surface area contributed by atoms with E-state index in [1.54, 1.807) is 31.3 Å². The van der Waals surface area contributed by atoms with Gasteiger partial charge in [-0.25, -0.2) is 4.99 Å². The first kappa shape index (κ1) is 50.0. The number of aromatic nitrogens is 1. The lowest BCUT2D eigenvalue weighted by Crippen LogP contribution is -2.48. The van der Waals surface area contributed by atoms with Gasteiger partial charge in [-0.05, 0) is 49.2 Å². The van der Waals surface area contributed by atoms with Crippen LogP contribution in [0.25, 0.3) is 6.08 Å². The summed E-state index contributed by atoms with van der Waals surface area (Å²) < 4.78 is 22.0. The molecule has 4 rings (SSSR count). The van der Waals surface area contributed by atoms with E-state index in [1.165, 1.54) is 18.3 Å². The van der Waals surface area contributed by atoms with Crippen LogP contribution in [0.1, 0.15) is 60.2 Å². The largest absolute Gasteiger partial charge is 0.387 e. The van der Waals surface area contributed by atoms with Gasteiger partial charge >= 0.3 is 0 Å². The standard InChI is InChI=1S/C46H58N8O10/c1-3-7-44(58)54(32-55)15-12-42(56)49-14-17-62-19-21-64-23-22-63-20-18-61-16-13-43(57)53-40(27-34-8-5-4-6-9-34)46(60)50-30-35-26-38(31-48-29-35)51-45(59)37-11-10-36-24-33(2)25-41(47)52-39(36)28-37/h3-11,24,26,28-29,31-32,40H,12-23,25,27,30H2,1-2H3,(H2,47,52)(H,49,56)(H,50,60)(H,51,59)(H,53,57)/b7-3-. The molecule has 1 aliphatic heterocycles. The third-order valence-electron chi connectivity index (χ3n) is 9.33. The molecule has 0 spiro atoms. The van der Waals surface area contributed by atoms with Crippen molar-refractivity contribution in [1.29, 1.82) is 0 Å². The lowest BCUT2D eigenvalue weighted by atomic mass is 10.0. The number of hydrogen-bond acceptors (Lipinski definition) is 13. The molecule has 6 N–H and O–H groups in total. The topological polar surface area (TPSA) is 242 Å². The molecule has 3 aromatic rings.